The second kappa shape index (κ2) is 6.25. The fourth-order valence-corrected chi connectivity index (χ4v) is 2.24. The minimum absolute atomic E-state index is 0.00116. The Labute approximate surface area is 109 Å². The molecule has 7 heteroatoms. The Morgan fingerprint density at radius 3 is 3.11 bits per heavy atom. The van der Waals surface area contributed by atoms with Gasteiger partial charge in [-0.05, 0) is 6.42 Å². The lowest BCUT2D eigenvalue weighted by Gasteiger charge is -2.02. The first-order valence-electron chi connectivity index (χ1n) is 5.80. The van der Waals surface area contributed by atoms with Crippen molar-refractivity contribution in [3.8, 4) is 0 Å². The molecule has 0 aromatic carbocycles. The first-order valence-corrected chi connectivity index (χ1v) is 6.68. The maximum atomic E-state index is 11.6. The van der Waals surface area contributed by atoms with E-state index in [4.69, 9.17) is 0 Å². The van der Waals surface area contributed by atoms with E-state index < -0.39 is 0 Å². The normalized spacial score (nSPS) is 10.5. The molecule has 96 valence electrons. The molecule has 18 heavy (non-hydrogen) atoms. The molecule has 2 aromatic rings. The van der Waals surface area contributed by atoms with Gasteiger partial charge in [0, 0.05) is 11.8 Å². The zero-order chi connectivity index (χ0) is 12.8. The first kappa shape index (κ1) is 12.7. The summed E-state index contributed by atoms with van der Waals surface area (Å²) in [6, 6.07) is 0. The van der Waals surface area contributed by atoms with Crippen molar-refractivity contribution in [2.45, 2.75) is 32.9 Å². The van der Waals surface area contributed by atoms with Crippen LogP contribution in [-0.4, -0.2) is 25.7 Å². The van der Waals surface area contributed by atoms with Gasteiger partial charge in [0.2, 0.25) is 5.91 Å². The highest BCUT2D eigenvalue weighted by atomic mass is 32.1. The van der Waals surface area contributed by atoms with Crippen molar-refractivity contribution in [2.75, 3.05) is 0 Å². The van der Waals surface area contributed by atoms with Crippen molar-refractivity contribution in [1.29, 1.82) is 0 Å². The van der Waals surface area contributed by atoms with Crippen molar-refractivity contribution < 1.29 is 4.79 Å². The summed E-state index contributed by atoms with van der Waals surface area (Å²) in [5.74, 6) is -0.00116. The number of nitrogens with one attached hydrogen (secondary N) is 1. The van der Waals surface area contributed by atoms with Crippen LogP contribution in [0.2, 0.25) is 0 Å². The smallest absolute Gasteiger partial charge is 0.222 e. The summed E-state index contributed by atoms with van der Waals surface area (Å²) in [5, 5.41) is 9.75. The van der Waals surface area contributed by atoms with E-state index in [1.54, 1.807) is 22.3 Å². The van der Waals surface area contributed by atoms with Crippen LogP contribution in [0, 0.1) is 0 Å². The van der Waals surface area contributed by atoms with E-state index in [0.29, 0.717) is 19.5 Å². The standard InChI is InChI=1S/C11H15N5OS/c1-2-9-6-18-11(15-9)5-13-10(17)3-4-16-8-12-7-14-16/h6-8H,2-5H2,1H3,(H,13,17). The lowest BCUT2D eigenvalue weighted by atomic mass is 10.4. The van der Waals surface area contributed by atoms with Crippen LogP contribution in [0.1, 0.15) is 24.0 Å². The summed E-state index contributed by atoms with van der Waals surface area (Å²) in [5.41, 5.74) is 1.08. The van der Waals surface area contributed by atoms with E-state index in [2.05, 4.69) is 27.3 Å². The van der Waals surface area contributed by atoms with Crippen molar-refractivity contribution in [2.24, 2.45) is 0 Å². The maximum Gasteiger partial charge on any atom is 0.222 e. The van der Waals surface area contributed by atoms with Gasteiger partial charge in [0.25, 0.3) is 0 Å². The number of amides is 1. The molecule has 0 aliphatic carbocycles. The number of carbonyl (C=O) groups excluding carboxylic acids is 1. The Bertz CT molecular complexity index is 493. The van der Waals surface area contributed by atoms with Crippen LogP contribution in [0.5, 0.6) is 0 Å². The maximum absolute atomic E-state index is 11.6. The van der Waals surface area contributed by atoms with Gasteiger partial charge in [-0.3, -0.25) is 9.48 Å². The number of nitrogens with zero attached hydrogens (tertiary/aromatic N) is 4. The van der Waals surface area contributed by atoms with E-state index in [-0.39, 0.29) is 5.91 Å². The molecule has 2 aromatic heterocycles. The minimum Gasteiger partial charge on any atom is -0.350 e. The van der Waals surface area contributed by atoms with Gasteiger partial charge in [0.1, 0.15) is 17.7 Å². The van der Waals surface area contributed by atoms with Crippen molar-refractivity contribution in [3.63, 3.8) is 0 Å². The summed E-state index contributed by atoms with van der Waals surface area (Å²) < 4.78 is 1.64. The van der Waals surface area contributed by atoms with Gasteiger partial charge in [-0.15, -0.1) is 11.3 Å². The average Bonchev–Trinajstić information content (AvgIpc) is 3.04. The largest absolute Gasteiger partial charge is 0.350 e. The summed E-state index contributed by atoms with van der Waals surface area (Å²) >= 11 is 1.58. The molecule has 0 saturated heterocycles. The average molecular weight is 265 g/mol. The van der Waals surface area contributed by atoms with Crippen LogP contribution in [0.4, 0.5) is 0 Å². The third kappa shape index (κ3) is 3.63. The van der Waals surface area contributed by atoms with Crippen molar-refractivity contribution in [1.82, 2.24) is 25.1 Å². The number of aromatic nitrogens is 4. The highest BCUT2D eigenvalue weighted by Gasteiger charge is 2.04. The van der Waals surface area contributed by atoms with E-state index in [0.717, 1.165) is 17.1 Å². The molecule has 2 rings (SSSR count). The number of rotatable bonds is 6. The molecule has 0 atom stereocenters. The van der Waals surface area contributed by atoms with E-state index in [1.165, 1.54) is 6.33 Å². The molecule has 0 radical (unpaired) electrons. The first-order chi connectivity index (χ1) is 8.78. The number of hydrogen-bond donors (Lipinski definition) is 1. The molecule has 0 spiro atoms. The Morgan fingerprint density at radius 2 is 2.44 bits per heavy atom. The van der Waals surface area contributed by atoms with Gasteiger partial charge >= 0.3 is 0 Å². The SMILES string of the molecule is CCc1csc(CNC(=O)CCn2cncn2)n1. The Hall–Kier alpha value is -1.76. The molecule has 1 amide bonds. The monoisotopic (exact) mass is 265 g/mol. The predicted molar refractivity (Wildman–Crippen MR) is 68.0 cm³/mol. The molecular formula is C11H15N5OS. The minimum atomic E-state index is -0.00116. The molecular weight excluding hydrogens is 250 g/mol. The fourth-order valence-electron chi connectivity index (χ4n) is 1.42. The van der Waals surface area contributed by atoms with Crippen LogP contribution in [0.3, 0.4) is 0 Å². The summed E-state index contributed by atoms with van der Waals surface area (Å²) in [6.07, 6.45) is 4.38. The Balaban J connectivity index is 1.71. The van der Waals surface area contributed by atoms with E-state index in [1.807, 2.05) is 5.38 Å². The summed E-state index contributed by atoms with van der Waals surface area (Å²) in [6.45, 7) is 3.11. The van der Waals surface area contributed by atoms with Gasteiger partial charge in [-0.25, -0.2) is 9.97 Å². The number of hydrogen-bond acceptors (Lipinski definition) is 5. The lowest BCUT2D eigenvalue weighted by Crippen LogP contribution is -2.24. The molecule has 0 unspecified atom stereocenters. The third-order valence-corrected chi connectivity index (χ3v) is 3.33. The quantitative estimate of drug-likeness (QED) is 0.846. The summed E-state index contributed by atoms with van der Waals surface area (Å²) in [7, 11) is 0. The zero-order valence-corrected chi connectivity index (χ0v) is 11.0. The highest BCUT2D eigenvalue weighted by molar-refractivity contribution is 7.09. The number of carbonyl (C=O) groups is 1. The van der Waals surface area contributed by atoms with Gasteiger partial charge in [-0.1, -0.05) is 6.92 Å². The fraction of sp³-hybridized carbons (Fsp3) is 0.455. The van der Waals surface area contributed by atoms with Crippen LogP contribution >= 0.6 is 11.3 Å². The van der Waals surface area contributed by atoms with Gasteiger partial charge in [-0.2, -0.15) is 5.10 Å². The molecule has 2 heterocycles. The molecule has 0 aliphatic rings. The second-order valence-electron chi connectivity index (χ2n) is 3.77. The van der Waals surface area contributed by atoms with Crippen LogP contribution in [-0.2, 0) is 24.3 Å². The molecule has 0 aliphatic heterocycles. The molecule has 0 fully saturated rings. The topological polar surface area (TPSA) is 72.7 Å². The zero-order valence-electron chi connectivity index (χ0n) is 10.2. The van der Waals surface area contributed by atoms with Crippen LogP contribution < -0.4 is 5.32 Å². The molecule has 0 bridgehead atoms. The highest BCUT2D eigenvalue weighted by Crippen LogP contribution is 2.09. The Kier molecular flexibility index (Phi) is 4.40. The van der Waals surface area contributed by atoms with Gasteiger partial charge in [0.15, 0.2) is 0 Å². The van der Waals surface area contributed by atoms with E-state index in [9.17, 15) is 4.79 Å². The van der Waals surface area contributed by atoms with Gasteiger partial charge in [0.05, 0.1) is 18.8 Å². The lowest BCUT2D eigenvalue weighted by molar-refractivity contribution is -0.121. The predicted octanol–water partition coefficient (Wildman–Crippen LogP) is 1.00. The Morgan fingerprint density at radius 1 is 1.56 bits per heavy atom. The molecule has 0 saturated carbocycles. The molecule has 1 N–H and O–H groups in total. The molecule has 6 nitrogen and oxygen atoms in total. The number of thiazole rings is 1. The second-order valence-corrected chi connectivity index (χ2v) is 4.71. The van der Waals surface area contributed by atoms with Crippen LogP contribution in [0.25, 0.3) is 0 Å². The van der Waals surface area contributed by atoms with Crippen molar-refractivity contribution >= 4 is 17.2 Å². The summed E-state index contributed by atoms with van der Waals surface area (Å²) in [4.78, 5) is 19.8. The van der Waals surface area contributed by atoms with Gasteiger partial charge < -0.3 is 5.32 Å². The van der Waals surface area contributed by atoms with Crippen LogP contribution in [0.15, 0.2) is 18.0 Å². The van der Waals surface area contributed by atoms with E-state index >= 15 is 0 Å². The number of aryl methyl sites for hydroxylation is 2. The van der Waals surface area contributed by atoms with Crippen molar-refractivity contribution in [3.05, 3.63) is 28.7 Å². The third-order valence-electron chi connectivity index (χ3n) is 2.43.